The molecule has 1 aliphatic rings. The van der Waals surface area contributed by atoms with Crippen LogP contribution in [-0.2, 0) is 9.73 Å². The third-order valence-corrected chi connectivity index (χ3v) is 6.88. The molecule has 1 heterocycles. The molecule has 2 atom stereocenters. The number of hydrogen-bond donors (Lipinski definition) is 3. The van der Waals surface area contributed by atoms with Crippen molar-refractivity contribution in [2.75, 3.05) is 0 Å². The van der Waals surface area contributed by atoms with E-state index >= 15 is 0 Å². The average Bonchev–Trinajstić information content (AvgIpc) is 2.81. The molecule has 32 heavy (non-hydrogen) atoms. The van der Waals surface area contributed by atoms with Crippen LogP contribution in [0.1, 0.15) is 22.3 Å². The van der Waals surface area contributed by atoms with Gasteiger partial charge in [-0.05, 0) is 72.2 Å². The lowest BCUT2D eigenvalue weighted by Crippen LogP contribution is -2.36. The predicted molar refractivity (Wildman–Crippen MR) is 121 cm³/mol. The molecule has 1 amide bonds. The summed E-state index contributed by atoms with van der Waals surface area (Å²) < 4.78 is 34.3. The number of halogens is 1. The van der Waals surface area contributed by atoms with Crippen molar-refractivity contribution in [3.63, 3.8) is 0 Å². The molecule has 2 unspecified atom stereocenters. The van der Waals surface area contributed by atoms with Crippen molar-refractivity contribution in [2.24, 2.45) is 5.73 Å². The number of nitrogens with one attached hydrogen (secondary N) is 2. The molecule has 4 rings (SSSR count). The highest BCUT2D eigenvalue weighted by molar-refractivity contribution is 7.92. The van der Waals surface area contributed by atoms with E-state index in [4.69, 9.17) is 10.5 Å². The van der Waals surface area contributed by atoms with E-state index in [2.05, 4.69) is 10.3 Å². The van der Waals surface area contributed by atoms with E-state index in [-0.39, 0.29) is 27.7 Å². The van der Waals surface area contributed by atoms with Gasteiger partial charge in [0.15, 0.2) is 0 Å². The van der Waals surface area contributed by atoms with Gasteiger partial charge in [0.25, 0.3) is 5.91 Å². The maximum Gasteiger partial charge on any atom is 0.255 e. The first-order valence-electron chi connectivity index (χ1n) is 9.89. The second-order valence-corrected chi connectivity index (χ2v) is 9.31. The Hall–Kier alpha value is -3.62. The summed E-state index contributed by atoms with van der Waals surface area (Å²) in [5, 5.41) is 3.00. The summed E-state index contributed by atoms with van der Waals surface area (Å²) in [4.78, 5) is 17.1. The molecule has 0 aliphatic heterocycles. The van der Waals surface area contributed by atoms with Gasteiger partial charge in [-0.2, -0.15) is 0 Å². The molecule has 1 aliphatic carbocycles. The molecule has 0 radical (unpaired) electrons. The summed E-state index contributed by atoms with van der Waals surface area (Å²) in [6.07, 6.45) is 5.75. The van der Waals surface area contributed by atoms with Crippen LogP contribution in [0.15, 0.2) is 101 Å². The van der Waals surface area contributed by atoms with Gasteiger partial charge in [0.1, 0.15) is 20.6 Å². The number of hydrogen-bond acceptors (Lipinski definition) is 5. The maximum atomic E-state index is 13.2. The van der Waals surface area contributed by atoms with Crippen molar-refractivity contribution in [1.82, 2.24) is 10.3 Å². The van der Waals surface area contributed by atoms with E-state index in [1.807, 2.05) is 6.08 Å². The third kappa shape index (κ3) is 4.51. The Morgan fingerprint density at radius 1 is 1.09 bits per heavy atom. The minimum atomic E-state index is -3.27. The number of rotatable bonds is 5. The van der Waals surface area contributed by atoms with Gasteiger partial charge in [0.2, 0.25) is 0 Å². The summed E-state index contributed by atoms with van der Waals surface area (Å²) in [6, 6.07) is 16.7. The molecule has 0 bridgehead atoms. The van der Waals surface area contributed by atoms with Crippen LogP contribution in [-0.4, -0.2) is 21.1 Å². The monoisotopic (exact) mass is 448 g/mol. The van der Waals surface area contributed by atoms with E-state index in [0.717, 1.165) is 11.1 Å². The Bertz CT molecular complexity index is 1300. The first-order valence-corrected chi connectivity index (χ1v) is 11.4. The highest BCUT2D eigenvalue weighted by Gasteiger charge is 2.19. The minimum absolute atomic E-state index is 0.163. The van der Waals surface area contributed by atoms with E-state index in [0.29, 0.717) is 17.7 Å². The van der Waals surface area contributed by atoms with Gasteiger partial charge in [-0.25, -0.2) is 18.4 Å². The number of carbonyl (C=O) groups excluding carboxylic acids is 1. The number of pyridine rings is 1. The largest absolute Gasteiger partial charge is 0.324 e. The van der Waals surface area contributed by atoms with Crippen LogP contribution in [0.2, 0.25) is 0 Å². The van der Waals surface area contributed by atoms with Gasteiger partial charge < -0.3 is 11.1 Å². The fraction of sp³-hybridized carbons (Fsp3) is 0.0833. The second-order valence-electron chi connectivity index (χ2n) is 7.31. The van der Waals surface area contributed by atoms with Crippen molar-refractivity contribution >= 4 is 21.2 Å². The third-order valence-electron chi connectivity index (χ3n) is 5.12. The molecular formula is C24H21FN4O2S. The van der Waals surface area contributed by atoms with Gasteiger partial charge in [-0.3, -0.25) is 4.79 Å². The quantitative estimate of drug-likeness (QED) is 0.546. The zero-order valence-electron chi connectivity index (χ0n) is 17.0. The predicted octanol–water partition coefficient (Wildman–Crippen LogP) is 4.11. The topological polar surface area (TPSA) is 109 Å². The van der Waals surface area contributed by atoms with Gasteiger partial charge in [0, 0.05) is 23.5 Å². The standard InChI is InChI=1S/C24H21FN4O2S/c25-19-9-4-16(5-10-19)18-8-13-21(26)22(15-18)29-24(30)17-6-11-20(12-7-17)32(27,31)23-3-1-2-14-28-23/h1-12,14-15,21,27H,13,26H2,(H,29,30). The highest BCUT2D eigenvalue weighted by Crippen LogP contribution is 2.25. The van der Waals surface area contributed by atoms with Crippen molar-refractivity contribution in [3.8, 4) is 0 Å². The van der Waals surface area contributed by atoms with Crippen LogP contribution in [0.3, 0.4) is 0 Å². The van der Waals surface area contributed by atoms with Crippen LogP contribution in [0.5, 0.6) is 0 Å². The van der Waals surface area contributed by atoms with E-state index in [9.17, 15) is 13.4 Å². The number of aromatic nitrogens is 1. The molecule has 0 spiro atoms. The lowest BCUT2D eigenvalue weighted by molar-refractivity contribution is 0.0963. The average molecular weight is 449 g/mol. The lowest BCUT2D eigenvalue weighted by Gasteiger charge is -2.21. The molecule has 6 nitrogen and oxygen atoms in total. The molecule has 0 saturated heterocycles. The van der Waals surface area contributed by atoms with Crippen LogP contribution in [0.25, 0.3) is 5.57 Å². The molecule has 2 aromatic carbocycles. The maximum absolute atomic E-state index is 13.2. The SMILES string of the molecule is N=S(=O)(c1ccc(C(=O)NC2=CC(c3ccc(F)cc3)=CCC2N)cc1)c1ccccn1. The number of amides is 1. The smallest absolute Gasteiger partial charge is 0.255 e. The molecule has 162 valence electrons. The number of nitrogens with two attached hydrogens (primary N) is 1. The second kappa shape index (κ2) is 8.86. The van der Waals surface area contributed by atoms with Crippen LogP contribution in [0, 0.1) is 10.6 Å². The summed E-state index contributed by atoms with van der Waals surface area (Å²) in [5.74, 6) is -0.685. The van der Waals surface area contributed by atoms with Crippen LogP contribution in [0.4, 0.5) is 4.39 Å². The summed E-state index contributed by atoms with van der Waals surface area (Å²) in [7, 11) is -3.27. The number of nitrogens with zero attached hydrogens (tertiary/aromatic N) is 1. The highest BCUT2D eigenvalue weighted by atomic mass is 32.2. The van der Waals surface area contributed by atoms with Gasteiger partial charge in [0.05, 0.1) is 4.90 Å². The molecular weight excluding hydrogens is 427 g/mol. The van der Waals surface area contributed by atoms with Crippen LogP contribution >= 0.6 is 0 Å². The van der Waals surface area contributed by atoms with Gasteiger partial charge >= 0.3 is 0 Å². The Morgan fingerprint density at radius 3 is 2.47 bits per heavy atom. The summed E-state index contributed by atoms with van der Waals surface area (Å²) in [5.41, 5.74) is 8.73. The molecule has 8 heteroatoms. The lowest BCUT2D eigenvalue weighted by atomic mass is 9.95. The molecule has 1 aromatic heterocycles. The van der Waals surface area contributed by atoms with Gasteiger partial charge in [-0.1, -0.05) is 24.3 Å². The van der Waals surface area contributed by atoms with Crippen molar-refractivity contribution in [2.45, 2.75) is 22.4 Å². The first kappa shape index (κ1) is 21.6. The van der Waals surface area contributed by atoms with E-state index < -0.39 is 9.73 Å². The fourth-order valence-electron chi connectivity index (χ4n) is 3.33. The zero-order valence-corrected chi connectivity index (χ0v) is 17.8. The zero-order chi connectivity index (χ0) is 22.7. The fourth-order valence-corrected chi connectivity index (χ4v) is 4.57. The Kier molecular flexibility index (Phi) is 5.98. The molecule has 0 saturated carbocycles. The van der Waals surface area contributed by atoms with E-state index in [1.165, 1.54) is 42.6 Å². The Labute approximate surface area is 185 Å². The van der Waals surface area contributed by atoms with E-state index in [1.54, 1.807) is 36.4 Å². The molecule has 0 fully saturated rings. The Balaban J connectivity index is 1.52. The summed E-state index contributed by atoms with van der Waals surface area (Å²) >= 11 is 0. The molecule has 3 aromatic rings. The number of carbonyl (C=O) groups is 1. The first-order chi connectivity index (χ1) is 15.3. The van der Waals surface area contributed by atoms with Crippen LogP contribution < -0.4 is 11.1 Å². The molecule has 4 N–H and O–H groups in total. The normalized spacial score (nSPS) is 17.6. The van der Waals surface area contributed by atoms with Crippen molar-refractivity contribution in [1.29, 1.82) is 4.78 Å². The Morgan fingerprint density at radius 2 is 1.81 bits per heavy atom. The summed E-state index contributed by atoms with van der Waals surface area (Å²) in [6.45, 7) is 0. The van der Waals surface area contributed by atoms with Gasteiger partial charge in [-0.15, -0.1) is 0 Å². The minimum Gasteiger partial charge on any atom is -0.324 e. The number of allylic oxidation sites excluding steroid dienone is 2. The van der Waals surface area contributed by atoms with Crippen molar-refractivity contribution < 1.29 is 13.4 Å². The van der Waals surface area contributed by atoms with Crippen molar-refractivity contribution in [3.05, 3.63) is 108 Å². The number of benzene rings is 2.